The number of rotatable bonds is 7. The van der Waals surface area contributed by atoms with Gasteiger partial charge >= 0.3 is 0 Å². The Morgan fingerprint density at radius 3 is 2.56 bits per heavy atom. The molecule has 2 aromatic rings. The summed E-state index contributed by atoms with van der Waals surface area (Å²) in [6.07, 6.45) is 2.45. The number of ether oxygens (including phenoxy) is 1. The Kier molecular flexibility index (Phi) is 8.86. The lowest BCUT2D eigenvalue weighted by molar-refractivity contribution is 0.105. The molecule has 0 amide bonds. The first-order valence-corrected chi connectivity index (χ1v) is 8.88. The zero-order valence-corrected chi connectivity index (χ0v) is 17.6. The summed E-state index contributed by atoms with van der Waals surface area (Å²) in [6.45, 7) is 5.04. The smallest absolute Gasteiger partial charge is 0.191 e. The zero-order valence-electron chi connectivity index (χ0n) is 15.2. The second-order valence-electron chi connectivity index (χ2n) is 6.18. The SMILES string of the molecule is I.NC(=NCCCOCc1ccco1)N1CCN(c2ccc(F)cc2)CC1. The molecule has 1 aromatic heterocycles. The number of halogens is 2. The highest BCUT2D eigenvalue weighted by atomic mass is 127. The maximum Gasteiger partial charge on any atom is 0.191 e. The van der Waals surface area contributed by atoms with Gasteiger partial charge in [0.25, 0.3) is 0 Å². The van der Waals surface area contributed by atoms with E-state index < -0.39 is 0 Å². The van der Waals surface area contributed by atoms with Gasteiger partial charge in [-0.1, -0.05) is 0 Å². The molecule has 0 aliphatic carbocycles. The molecule has 1 aliphatic rings. The van der Waals surface area contributed by atoms with Crippen molar-refractivity contribution in [3.63, 3.8) is 0 Å². The number of hydrogen-bond acceptors (Lipinski definition) is 4. The third-order valence-corrected chi connectivity index (χ3v) is 4.34. The first-order chi connectivity index (χ1) is 12.7. The molecule has 27 heavy (non-hydrogen) atoms. The van der Waals surface area contributed by atoms with Crippen LogP contribution in [0.3, 0.4) is 0 Å². The van der Waals surface area contributed by atoms with Crippen molar-refractivity contribution >= 4 is 35.6 Å². The maximum absolute atomic E-state index is 13.0. The minimum atomic E-state index is -0.211. The fourth-order valence-electron chi connectivity index (χ4n) is 2.87. The summed E-state index contributed by atoms with van der Waals surface area (Å²) < 4.78 is 23.7. The van der Waals surface area contributed by atoms with Crippen molar-refractivity contribution < 1.29 is 13.5 Å². The van der Waals surface area contributed by atoms with Crippen LogP contribution in [-0.2, 0) is 11.3 Å². The summed E-state index contributed by atoms with van der Waals surface area (Å²) in [4.78, 5) is 8.76. The highest BCUT2D eigenvalue weighted by molar-refractivity contribution is 14.0. The van der Waals surface area contributed by atoms with Gasteiger partial charge in [0.15, 0.2) is 5.96 Å². The minimum absolute atomic E-state index is 0. The van der Waals surface area contributed by atoms with Crippen LogP contribution in [0.4, 0.5) is 10.1 Å². The molecule has 8 heteroatoms. The molecule has 0 spiro atoms. The average molecular weight is 488 g/mol. The second kappa shape index (κ2) is 11.1. The van der Waals surface area contributed by atoms with Crippen LogP contribution in [-0.4, -0.2) is 50.2 Å². The Bertz CT molecular complexity index is 686. The molecule has 0 atom stereocenters. The number of furan rings is 1. The van der Waals surface area contributed by atoms with Crippen molar-refractivity contribution in [2.45, 2.75) is 13.0 Å². The molecule has 0 bridgehead atoms. The predicted octanol–water partition coefficient (Wildman–Crippen LogP) is 3.08. The van der Waals surface area contributed by atoms with Crippen molar-refractivity contribution in [2.24, 2.45) is 10.7 Å². The van der Waals surface area contributed by atoms with Crippen LogP contribution in [0.25, 0.3) is 0 Å². The number of piperazine rings is 1. The first kappa shape index (κ1) is 21.5. The van der Waals surface area contributed by atoms with Gasteiger partial charge < -0.3 is 24.7 Å². The fraction of sp³-hybridized carbons (Fsp3) is 0.421. The third-order valence-electron chi connectivity index (χ3n) is 4.34. The van der Waals surface area contributed by atoms with Gasteiger partial charge in [0.2, 0.25) is 0 Å². The first-order valence-electron chi connectivity index (χ1n) is 8.88. The molecule has 148 valence electrons. The zero-order chi connectivity index (χ0) is 18.2. The summed E-state index contributed by atoms with van der Waals surface area (Å²) in [5.41, 5.74) is 7.13. The summed E-state index contributed by atoms with van der Waals surface area (Å²) in [7, 11) is 0. The van der Waals surface area contributed by atoms with E-state index in [1.165, 1.54) is 12.1 Å². The Labute approximate surface area is 176 Å². The van der Waals surface area contributed by atoms with Crippen LogP contribution < -0.4 is 10.6 Å². The van der Waals surface area contributed by atoms with Crippen LogP contribution in [0.15, 0.2) is 52.1 Å². The monoisotopic (exact) mass is 488 g/mol. The molecular formula is C19H26FIN4O2. The van der Waals surface area contributed by atoms with Crippen molar-refractivity contribution in [3.8, 4) is 0 Å². The van der Waals surface area contributed by atoms with Gasteiger partial charge in [0, 0.05) is 45.0 Å². The van der Waals surface area contributed by atoms with Crippen molar-refractivity contribution in [1.29, 1.82) is 0 Å². The minimum Gasteiger partial charge on any atom is -0.467 e. The normalized spacial score (nSPS) is 14.9. The number of anilines is 1. The van der Waals surface area contributed by atoms with Gasteiger partial charge in [-0.25, -0.2) is 4.39 Å². The van der Waals surface area contributed by atoms with E-state index >= 15 is 0 Å². The van der Waals surface area contributed by atoms with Gasteiger partial charge in [-0.15, -0.1) is 24.0 Å². The Hall–Kier alpha value is -1.81. The number of nitrogens with two attached hydrogens (primary N) is 1. The number of nitrogens with zero attached hydrogens (tertiary/aromatic N) is 3. The third kappa shape index (κ3) is 6.69. The summed E-state index contributed by atoms with van der Waals surface area (Å²) in [5.74, 6) is 1.19. The van der Waals surface area contributed by atoms with E-state index in [9.17, 15) is 4.39 Å². The Balaban J connectivity index is 0.00000261. The quantitative estimate of drug-likeness (QED) is 0.281. The standard InChI is InChI=1S/C19H25FN4O2.HI/c20-16-4-6-17(7-5-16)23-9-11-24(12-10-23)19(21)22-8-2-13-25-15-18-3-1-14-26-18;/h1,3-7,14H,2,8-13,15H2,(H2,21,22);1H. The molecule has 2 heterocycles. The van der Waals surface area contributed by atoms with E-state index in [2.05, 4.69) is 14.8 Å². The molecule has 1 fully saturated rings. The summed E-state index contributed by atoms with van der Waals surface area (Å²) in [5, 5.41) is 0. The Morgan fingerprint density at radius 1 is 1.15 bits per heavy atom. The highest BCUT2D eigenvalue weighted by Gasteiger charge is 2.18. The summed E-state index contributed by atoms with van der Waals surface area (Å²) in [6, 6.07) is 10.3. The molecule has 1 saturated heterocycles. The van der Waals surface area contributed by atoms with Gasteiger partial charge in [-0.05, 0) is 42.8 Å². The van der Waals surface area contributed by atoms with Crippen LogP contribution in [0.2, 0.25) is 0 Å². The molecule has 1 aromatic carbocycles. The number of hydrogen-bond donors (Lipinski definition) is 1. The van der Waals surface area contributed by atoms with E-state index in [0.29, 0.717) is 25.7 Å². The molecule has 3 rings (SSSR count). The van der Waals surface area contributed by atoms with Crippen molar-refractivity contribution in [1.82, 2.24) is 4.90 Å². The van der Waals surface area contributed by atoms with Gasteiger partial charge in [0.05, 0.1) is 6.26 Å². The Morgan fingerprint density at radius 2 is 1.89 bits per heavy atom. The average Bonchev–Trinajstić information content (AvgIpc) is 3.19. The van der Waals surface area contributed by atoms with E-state index in [4.69, 9.17) is 14.9 Å². The van der Waals surface area contributed by atoms with E-state index in [1.807, 2.05) is 24.3 Å². The molecule has 2 N–H and O–H groups in total. The second-order valence-corrected chi connectivity index (χ2v) is 6.18. The molecule has 0 unspecified atom stereocenters. The van der Waals surface area contributed by atoms with Crippen molar-refractivity contribution in [2.75, 3.05) is 44.2 Å². The molecule has 0 radical (unpaired) electrons. The molecular weight excluding hydrogens is 462 g/mol. The summed E-state index contributed by atoms with van der Waals surface area (Å²) >= 11 is 0. The van der Waals surface area contributed by atoms with Crippen LogP contribution in [0.5, 0.6) is 0 Å². The number of guanidine groups is 1. The topological polar surface area (TPSA) is 67.2 Å². The lowest BCUT2D eigenvalue weighted by atomic mass is 10.2. The predicted molar refractivity (Wildman–Crippen MR) is 115 cm³/mol. The largest absolute Gasteiger partial charge is 0.467 e. The molecule has 0 saturated carbocycles. The van der Waals surface area contributed by atoms with Gasteiger partial charge in [-0.3, -0.25) is 4.99 Å². The highest BCUT2D eigenvalue weighted by Crippen LogP contribution is 2.16. The maximum atomic E-state index is 13.0. The van der Waals surface area contributed by atoms with Crippen LogP contribution in [0.1, 0.15) is 12.2 Å². The fourth-order valence-corrected chi connectivity index (χ4v) is 2.87. The lowest BCUT2D eigenvalue weighted by Gasteiger charge is -2.36. The van der Waals surface area contributed by atoms with Gasteiger partial charge in [0.1, 0.15) is 18.2 Å². The van der Waals surface area contributed by atoms with Gasteiger partial charge in [-0.2, -0.15) is 0 Å². The van der Waals surface area contributed by atoms with Crippen LogP contribution >= 0.6 is 24.0 Å². The molecule has 1 aliphatic heterocycles. The van der Waals surface area contributed by atoms with E-state index in [1.54, 1.807) is 6.26 Å². The number of benzene rings is 1. The van der Waals surface area contributed by atoms with E-state index in [0.717, 1.165) is 44.0 Å². The van der Waals surface area contributed by atoms with E-state index in [-0.39, 0.29) is 29.8 Å². The number of aliphatic imine (C=N–C) groups is 1. The van der Waals surface area contributed by atoms with Crippen molar-refractivity contribution in [3.05, 3.63) is 54.2 Å². The lowest BCUT2D eigenvalue weighted by Crippen LogP contribution is -2.51. The van der Waals surface area contributed by atoms with Crippen LogP contribution in [0, 0.1) is 5.82 Å². The molecule has 6 nitrogen and oxygen atoms in total.